The Morgan fingerprint density at radius 3 is 2.26 bits per heavy atom. The standard InChI is InChI=1S/C31H29F2NO5/c1-31(2)38-27-25(13-14-34-28(35)23-5-3-4-6-24(23)29(34)36)26(37-30(27)39-31)12-9-18-7-10-19(11-8-18)20-15-21(32)17-22(33)16-20/h3-7,10,15-19H,8-9,11-14H2,1-2H3. The van der Waals surface area contributed by atoms with E-state index >= 15 is 0 Å². The Morgan fingerprint density at radius 1 is 0.923 bits per heavy atom. The van der Waals surface area contributed by atoms with E-state index in [9.17, 15) is 18.4 Å². The number of benzene rings is 2. The SMILES string of the molecule is CC1(C)Oc2oc(CCC3C=CC(c4cc(F)cc(F)c4)CC3)c(CCN3C(=O)c4ccccc4C3=O)c2O1. The first-order valence-electron chi connectivity index (χ1n) is 13.3. The van der Waals surface area contributed by atoms with Crippen molar-refractivity contribution in [2.75, 3.05) is 6.54 Å². The monoisotopic (exact) mass is 533 g/mol. The highest BCUT2D eigenvalue weighted by Gasteiger charge is 2.40. The summed E-state index contributed by atoms with van der Waals surface area (Å²) in [6, 6.07) is 10.5. The Hall–Kier alpha value is -3.94. The topological polar surface area (TPSA) is 69.0 Å². The van der Waals surface area contributed by atoms with E-state index in [4.69, 9.17) is 13.9 Å². The lowest BCUT2D eigenvalue weighted by molar-refractivity contribution is -0.0547. The number of fused-ring (bicyclic) bond motifs is 2. The molecule has 0 saturated carbocycles. The van der Waals surface area contributed by atoms with Gasteiger partial charge in [-0.05, 0) is 61.4 Å². The zero-order valence-electron chi connectivity index (χ0n) is 21.8. The molecule has 3 aromatic rings. The number of allylic oxidation sites excluding steroid dienone is 2. The molecule has 8 heteroatoms. The molecule has 2 amide bonds. The molecular formula is C31H29F2NO5. The fourth-order valence-electron chi connectivity index (χ4n) is 5.75. The molecule has 0 fully saturated rings. The van der Waals surface area contributed by atoms with Crippen LogP contribution < -0.4 is 9.47 Å². The number of hydrogen-bond donors (Lipinski definition) is 0. The number of aryl methyl sites for hydroxylation is 1. The largest absolute Gasteiger partial charge is 0.445 e. The van der Waals surface area contributed by atoms with Gasteiger partial charge in [-0.3, -0.25) is 14.5 Å². The maximum absolute atomic E-state index is 13.7. The van der Waals surface area contributed by atoms with Crippen molar-refractivity contribution >= 4 is 11.8 Å². The molecule has 0 radical (unpaired) electrons. The summed E-state index contributed by atoms with van der Waals surface area (Å²) in [4.78, 5) is 27.0. The number of carbonyl (C=O) groups excluding carboxylic acids is 2. The second-order valence-electron chi connectivity index (χ2n) is 10.9. The normalized spacial score (nSPS) is 21.1. The number of rotatable bonds is 7. The number of imide groups is 1. The molecule has 3 heterocycles. The van der Waals surface area contributed by atoms with Crippen molar-refractivity contribution in [2.24, 2.45) is 5.92 Å². The van der Waals surface area contributed by atoms with E-state index in [0.29, 0.717) is 41.2 Å². The summed E-state index contributed by atoms with van der Waals surface area (Å²) >= 11 is 0. The van der Waals surface area contributed by atoms with E-state index < -0.39 is 17.4 Å². The van der Waals surface area contributed by atoms with E-state index in [1.165, 1.54) is 17.0 Å². The number of carbonyl (C=O) groups is 2. The molecule has 2 aliphatic heterocycles. The van der Waals surface area contributed by atoms with Crippen LogP contribution in [0.25, 0.3) is 0 Å². The van der Waals surface area contributed by atoms with Crippen LogP contribution in [0.1, 0.15) is 76.6 Å². The maximum Gasteiger partial charge on any atom is 0.332 e. The minimum atomic E-state index is -0.867. The molecule has 2 unspecified atom stereocenters. The molecule has 1 aliphatic carbocycles. The second-order valence-corrected chi connectivity index (χ2v) is 10.9. The quantitative estimate of drug-likeness (QED) is 0.253. The molecule has 1 aromatic heterocycles. The zero-order valence-corrected chi connectivity index (χ0v) is 21.8. The Bertz CT molecular complexity index is 1430. The van der Waals surface area contributed by atoms with Crippen molar-refractivity contribution in [3.05, 3.63) is 94.3 Å². The van der Waals surface area contributed by atoms with Crippen molar-refractivity contribution in [1.29, 1.82) is 0 Å². The molecule has 2 atom stereocenters. The number of amides is 2. The van der Waals surface area contributed by atoms with Crippen LogP contribution in [0, 0.1) is 17.6 Å². The smallest absolute Gasteiger partial charge is 0.332 e. The van der Waals surface area contributed by atoms with Gasteiger partial charge in [0.1, 0.15) is 17.4 Å². The Morgan fingerprint density at radius 2 is 1.62 bits per heavy atom. The zero-order chi connectivity index (χ0) is 27.3. The highest BCUT2D eigenvalue weighted by Crippen LogP contribution is 2.47. The molecule has 39 heavy (non-hydrogen) atoms. The Kier molecular flexibility index (Phi) is 6.28. The first-order valence-corrected chi connectivity index (χ1v) is 13.3. The summed E-state index contributed by atoms with van der Waals surface area (Å²) in [6.45, 7) is 3.79. The van der Waals surface area contributed by atoms with E-state index in [1.54, 1.807) is 38.1 Å². The summed E-state index contributed by atoms with van der Waals surface area (Å²) in [5, 5.41) is 0. The lowest BCUT2D eigenvalue weighted by atomic mass is 9.82. The van der Waals surface area contributed by atoms with Gasteiger partial charge in [0.25, 0.3) is 11.8 Å². The summed E-state index contributed by atoms with van der Waals surface area (Å²) < 4.78 is 45.3. The van der Waals surface area contributed by atoms with Gasteiger partial charge in [0, 0.05) is 44.4 Å². The molecule has 6 rings (SSSR count). The first kappa shape index (κ1) is 25.3. The first-order chi connectivity index (χ1) is 18.7. The molecule has 0 saturated heterocycles. The van der Waals surface area contributed by atoms with Crippen LogP contribution in [-0.4, -0.2) is 29.0 Å². The van der Waals surface area contributed by atoms with Crippen LogP contribution >= 0.6 is 0 Å². The highest BCUT2D eigenvalue weighted by molar-refractivity contribution is 6.21. The third kappa shape index (κ3) is 4.84. The average Bonchev–Trinajstić information content (AvgIpc) is 3.46. The molecule has 0 spiro atoms. The van der Waals surface area contributed by atoms with Crippen LogP contribution in [-0.2, 0) is 12.8 Å². The maximum atomic E-state index is 13.7. The summed E-state index contributed by atoms with van der Waals surface area (Å²) in [5.74, 6) is -0.757. The minimum absolute atomic E-state index is 0.0156. The van der Waals surface area contributed by atoms with Gasteiger partial charge >= 0.3 is 5.95 Å². The van der Waals surface area contributed by atoms with Gasteiger partial charge in [-0.25, -0.2) is 8.78 Å². The van der Waals surface area contributed by atoms with Gasteiger partial charge in [-0.2, -0.15) is 0 Å². The molecule has 6 nitrogen and oxygen atoms in total. The predicted molar refractivity (Wildman–Crippen MR) is 139 cm³/mol. The van der Waals surface area contributed by atoms with Gasteiger partial charge in [0.2, 0.25) is 11.5 Å². The number of nitrogens with zero attached hydrogens (tertiary/aromatic N) is 1. The summed E-state index contributed by atoms with van der Waals surface area (Å²) in [7, 11) is 0. The molecule has 202 valence electrons. The van der Waals surface area contributed by atoms with Crippen LogP contribution in [0.15, 0.2) is 59.0 Å². The lowest BCUT2D eigenvalue weighted by Gasteiger charge is -2.23. The van der Waals surface area contributed by atoms with Crippen LogP contribution in [0.2, 0.25) is 0 Å². The van der Waals surface area contributed by atoms with Crippen molar-refractivity contribution in [2.45, 2.75) is 57.7 Å². The molecule has 0 N–H and O–H groups in total. The summed E-state index contributed by atoms with van der Waals surface area (Å²) in [5.41, 5.74) is 2.30. The second kappa shape index (κ2) is 9.67. The fraction of sp³-hybridized carbons (Fsp3) is 0.355. The molecule has 0 bridgehead atoms. The minimum Gasteiger partial charge on any atom is -0.445 e. The van der Waals surface area contributed by atoms with E-state index in [-0.39, 0.29) is 30.2 Å². The van der Waals surface area contributed by atoms with Crippen molar-refractivity contribution in [1.82, 2.24) is 4.90 Å². The number of ether oxygens (including phenoxy) is 2. The summed E-state index contributed by atoms with van der Waals surface area (Å²) in [6.07, 6.45) is 7.62. The number of hydrogen-bond acceptors (Lipinski definition) is 5. The van der Waals surface area contributed by atoms with Crippen molar-refractivity contribution < 1.29 is 32.3 Å². The van der Waals surface area contributed by atoms with Gasteiger partial charge in [-0.1, -0.05) is 24.3 Å². The third-order valence-corrected chi connectivity index (χ3v) is 7.68. The Labute approximate surface area is 225 Å². The fourth-order valence-corrected chi connectivity index (χ4v) is 5.75. The van der Waals surface area contributed by atoms with Crippen molar-refractivity contribution in [3.63, 3.8) is 0 Å². The predicted octanol–water partition coefficient (Wildman–Crippen LogP) is 6.59. The number of furan rings is 1. The highest BCUT2D eigenvalue weighted by atomic mass is 19.1. The lowest BCUT2D eigenvalue weighted by Crippen LogP contribution is -2.32. The Balaban J connectivity index is 1.15. The van der Waals surface area contributed by atoms with Gasteiger partial charge in [-0.15, -0.1) is 0 Å². The van der Waals surface area contributed by atoms with Crippen LogP contribution in [0.5, 0.6) is 11.7 Å². The molecular weight excluding hydrogens is 504 g/mol. The van der Waals surface area contributed by atoms with Crippen molar-refractivity contribution in [3.8, 4) is 11.7 Å². The third-order valence-electron chi connectivity index (χ3n) is 7.68. The van der Waals surface area contributed by atoms with Gasteiger partial charge in [0.05, 0.1) is 11.1 Å². The van der Waals surface area contributed by atoms with Crippen LogP contribution in [0.4, 0.5) is 8.78 Å². The number of halogens is 2. The van der Waals surface area contributed by atoms with E-state index in [2.05, 4.69) is 6.08 Å². The van der Waals surface area contributed by atoms with Crippen LogP contribution in [0.3, 0.4) is 0 Å². The van der Waals surface area contributed by atoms with Gasteiger partial charge in [0.15, 0.2) is 0 Å². The van der Waals surface area contributed by atoms with Gasteiger partial charge < -0.3 is 13.9 Å². The molecule has 2 aromatic carbocycles. The van der Waals surface area contributed by atoms with E-state index in [1.807, 2.05) is 6.08 Å². The molecule has 3 aliphatic rings. The van der Waals surface area contributed by atoms with E-state index in [0.717, 1.165) is 36.7 Å². The average molecular weight is 534 g/mol.